The highest BCUT2D eigenvalue weighted by molar-refractivity contribution is 7.92. The van der Waals surface area contributed by atoms with Gasteiger partial charge < -0.3 is 9.47 Å². The number of sulfonamides is 1. The van der Waals surface area contributed by atoms with Gasteiger partial charge in [0, 0.05) is 11.0 Å². The molecule has 9 nitrogen and oxygen atoms in total. The summed E-state index contributed by atoms with van der Waals surface area (Å²) in [7, 11) is -3.86. The Morgan fingerprint density at radius 3 is 2.52 bits per heavy atom. The van der Waals surface area contributed by atoms with Gasteiger partial charge in [0.25, 0.3) is 11.8 Å². The molecule has 3 N–H and O–H groups in total. The molecule has 2 aromatic carbocycles. The first kappa shape index (κ1) is 20.4. The highest BCUT2D eigenvalue weighted by Gasteiger charge is 2.20. The van der Waals surface area contributed by atoms with Gasteiger partial charge in [0.05, 0.1) is 6.04 Å². The molecule has 10 heteroatoms. The van der Waals surface area contributed by atoms with Crippen molar-refractivity contribution < 1.29 is 27.5 Å². The maximum atomic E-state index is 12.1. The van der Waals surface area contributed by atoms with Gasteiger partial charge in [-0.1, -0.05) is 30.3 Å². The van der Waals surface area contributed by atoms with E-state index in [9.17, 15) is 18.0 Å². The Bertz CT molecular complexity index is 1040. The topological polar surface area (TPSA) is 123 Å². The number of carbonyl (C=O) groups is 2. The molecule has 0 spiro atoms. The van der Waals surface area contributed by atoms with Crippen LogP contribution in [0.4, 0.5) is 0 Å². The molecule has 1 aliphatic rings. The van der Waals surface area contributed by atoms with E-state index in [1.165, 1.54) is 25.1 Å². The van der Waals surface area contributed by atoms with Crippen molar-refractivity contribution in [1.82, 2.24) is 15.6 Å². The molecule has 0 aromatic heterocycles. The normalized spacial score (nSPS) is 13.8. The average Bonchev–Trinajstić information content (AvgIpc) is 3.18. The highest BCUT2D eigenvalue weighted by Crippen LogP contribution is 2.32. The second kappa shape index (κ2) is 8.76. The van der Waals surface area contributed by atoms with E-state index in [4.69, 9.17) is 9.47 Å². The first-order valence-electron chi connectivity index (χ1n) is 8.59. The zero-order chi connectivity index (χ0) is 20.9. The summed E-state index contributed by atoms with van der Waals surface area (Å²) in [5, 5.41) is 0.970. The van der Waals surface area contributed by atoms with Crippen molar-refractivity contribution >= 4 is 27.9 Å². The summed E-state index contributed by atoms with van der Waals surface area (Å²) in [4.78, 5) is 24.2. The summed E-state index contributed by atoms with van der Waals surface area (Å²) in [6.45, 7) is 1.43. The first-order chi connectivity index (χ1) is 13.8. The van der Waals surface area contributed by atoms with Gasteiger partial charge in [-0.15, -0.1) is 0 Å². The van der Waals surface area contributed by atoms with Crippen molar-refractivity contribution in [2.45, 2.75) is 13.0 Å². The van der Waals surface area contributed by atoms with Crippen LogP contribution in [0.15, 0.2) is 53.9 Å². The fourth-order valence-corrected chi connectivity index (χ4v) is 3.42. The van der Waals surface area contributed by atoms with E-state index in [2.05, 4.69) is 15.6 Å². The number of hydrazine groups is 1. The third-order valence-corrected chi connectivity index (χ3v) is 5.08. The van der Waals surface area contributed by atoms with Gasteiger partial charge >= 0.3 is 0 Å². The quantitative estimate of drug-likeness (QED) is 0.606. The van der Waals surface area contributed by atoms with Crippen LogP contribution in [0.5, 0.6) is 11.5 Å². The molecule has 0 aliphatic carbocycles. The van der Waals surface area contributed by atoms with Gasteiger partial charge in [-0.2, -0.15) is 4.72 Å². The summed E-state index contributed by atoms with van der Waals surface area (Å²) in [5.41, 5.74) is 5.35. The minimum Gasteiger partial charge on any atom is -0.454 e. The number of fused-ring (bicyclic) bond motifs is 1. The second-order valence-corrected chi connectivity index (χ2v) is 7.71. The van der Waals surface area contributed by atoms with Crippen LogP contribution >= 0.6 is 0 Å². The Kier molecular flexibility index (Phi) is 6.15. The molecule has 1 atom stereocenters. The van der Waals surface area contributed by atoms with Crippen LogP contribution < -0.4 is 25.0 Å². The lowest BCUT2D eigenvalue weighted by Gasteiger charge is -2.13. The van der Waals surface area contributed by atoms with Crippen molar-refractivity contribution in [2.75, 3.05) is 6.79 Å². The van der Waals surface area contributed by atoms with E-state index in [0.717, 1.165) is 5.41 Å². The van der Waals surface area contributed by atoms with E-state index in [0.29, 0.717) is 17.1 Å². The molecule has 0 unspecified atom stereocenters. The lowest BCUT2D eigenvalue weighted by molar-refractivity contribution is -0.123. The third kappa shape index (κ3) is 5.56. The Balaban J connectivity index is 1.52. The van der Waals surface area contributed by atoms with Crippen LogP contribution in [-0.4, -0.2) is 33.1 Å². The molecule has 152 valence electrons. The number of hydrogen-bond acceptors (Lipinski definition) is 6. The summed E-state index contributed by atoms with van der Waals surface area (Å²) in [6, 6.07) is 12.3. The van der Waals surface area contributed by atoms with E-state index < -0.39 is 27.9 Å². The molecule has 0 radical (unpaired) electrons. The van der Waals surface area contributed by atoms with Crippen LogP contribution in [0, 0.1) is 0 Å². The number of rotatable bonds is 6. The van der Waals surface area contributed by atoms with E-state index in [1.54, 1.807) is 30.3 Å². The first-order valence-corrected chi connectivity index (χ1v) is 10.1. The van der Waals surface area contributed by atoms with Crippen molar-refractivity contribution in [3.63, 3.8) is 0 Å². The third-order valence-electron chi connectivity index (χ3n) is 3.91. The average molecular weight is 417 g/mol. The lowest BCUT2D eigenvalue weighted by atomic mass is 10.2. The van der Waals surface area contributed by atoms with E-state index in [-0.39, 0.29) is 12.4 Å². The van der Waals surface area contributed by atoms with Gasteiger partial charge in [-0.25, -0.2) is 8.42 Å². The molecule has 0 saturated carbocycles. The lowest BCUT2D eigenvalue weighted by Crippen LogP contribution is -2.50. The Morgan fingerprint density at radius 1 is 1.03 bits per heavy atom. The number of benzene rings is 2. The standard InChI is InChI=1S/C19H19N3O6S/c1-13(22-29(25,26)10-9-14-5-3-2-4-6-14)18(23)20-21-19(24)15-7-8-16-17(11-15)28-12-27-16/h2-11,13,22H,12H2,1H3,(H,20,23)(H,21,24)/b10-9+/t13-/m0/s1. The largest absolute Gasteiger partial charge is 0.454 e. The van der Waals surface area contributed by atoms with E-state index >= 15 is 0 Å². The van der Waals surface area contributed by atoms with Crippen LogP contribution in [0.2, 0.25) is 0 Å². The van der Waals surface area contributed by atoms with Gasteiger partial charge in [-0.3, -0.25) is 20.4 Å². The zero-order valence-electron chi connectivity index (χ0n) is 15.4. The fraction of sp³-hybridized carbons (Fsp3) is 0.158. The van der Waals surface area contributed by atoms with Crippen molar-refractivity contribution in [1.29, 1.82) is 0 Å². The monoisotopic (exact) mass is 417 g/mol. The van der Waals surface area contributed by atoms with Gasteiger partial charge in [0.15, 0.2) is 11.5 Å². The molecule has 0 bridgehead atoms. The van der Waals surface area contributed by atoms with E-state index in [1.807, 2.05) is 6.07 Å². The number of nitrogens with one attached hydrogen (secondary N) is 3. The molecular formula is C19H19N3O6S. The molecule has 2 amide bonds. The van der Waals surface area contributed by atoms with Crippen LogP contribution in [0.1, 0.15) is 22.8 Å². The smallest absolute Gasteiger partial charge is 0.269 e. The number of hydrogen-bond donors (Lipinski definition) is 3. The Labute approximate surface area is 167 Å². The molecule has 1 aliphatic heterocycles. The van der Waals surface area contributed by atoms with Crippen molar-refractivity contribution in [3.8, 4) is 11.5 Å². The fourth-order valence-electron chi connectivity index (χ4n) is 2.41. The Morgan fingerprint density at radius 2 is 1.76 bits per heavy atom. The minimum atomic E-state index is -3.86. The molecule has 0 fully saturated rings. The maximum absolute atomic E-state index is 12.1. The summed E-state index contributed by atoms with van der Waals surface area (Å²) < 4.78 is 36.8. The predicted octanol–water partition coefficient (Wildman–Crippen LogP) is 1.16. The summed E-state index contributed by atoms with van der Waals surface area (Å²) in [5.74, 6) is -0.362. The highest BCUT2D eigenvalue weighted by atomic mass is 32.2. The number of amides is 2. The van der Waals surface area contributed by atoms with Crippen molar-refractivity contribution in [2.24, 2.45) is 0 Å². The predicted molar refractivity (Wildman–Crippen MR) is 105 cm³/mol. The van der Waals surface area contributed by atoms with Crippen LogP contribution in [-0.2, 0) is 14.8 Å². The number of carbonyl (C=O) groups excluding carboxylic acids is 2. The Hall–Kier alpha value is -3.37. The van der Waals surface area contributed by atoms with Crippen molar-refractivity contribution in [3.05, 3.63) is 65.1 Å². The number of ether oxygens (including phenoxy) is 2. The summed E-state index contributed by atoms with van der Waals surface area (Å²) >= 11 is 0. The second-order valence-electron chi connectivity index (χ2n) is 6.11. The maximum Gasteiger partial charge on any atom is 0.269 e. The molecule has 2 aromatic rings. The van der Waals surface area contributed by atoms with Gasteiger partial charge in [0.1, 0.15) is 0 Å². The van der Waals surface area contributed by atoms with Gasteiger partial charge in [0.2, 0.25) is 16.8 Å². The minimum absolute atomic E-state index is 0.0769. The zero-order valence-corrected chi connectivity index (χ0v) is 16.2. The van der Waals surface area contributed by atoms with Crippen LogP contribution in [0.25, 0.3) is 6.08 Å². The molecule has 29 heavy (non-hydrogen) atoms. The molecular weight excluding hydrogens is 398 g/mol. The molecule has 1 heterocycles. The van der Waals surface area contributed by atoms with Gasteiger partial charge in [-0.05, 0) is 36.8 Å². The molecule has 3 rings (SSSR count). The summed E-state index contributed by atoms with van der Waals surface area (Å²) in [6.07, 6.45) is 1.41. The SMILES string of the molecule is C[C@H](NS(=O)(=O)/C=C/c1ccccc1)C(=O)NNC(=O)c1ccc2c(c1)OCO2. The van der Waals surface area contributed by atoms with Crippen LogP contribution in [0.3, 0.4) is 0 Å². The molecule has 0 saturated heterocycles.